The summed E-state index contributed by atoms with van der Waals surface area (Å²) in [4.78, 5) is 26.2. The van der Waals surface area contributed by atoms with E-state index in [1.165, 1.54) is 29.5 Å². The number of pyridine rings is 1. The van der Waals surface area contributed by atoms with Crippen molar-refractivity contribution in [1.82, 2.24) is 25.6 Å². The first-order chi connectivity index (χ1) is 17.9. The van der Waals surface area contributed by atoms with Crippen molar-refractivity contribution in [3.8, 4) is 6.07 Å². The number of aromatic nitrogens is 3. The summed E-state index contributed by atoms with van der Waals surface area (Å²) in [7, 11) is 0. The van der Waals surface area contributed by atoms with Crippen LogP contribution in [0.25, 0.3) is 0 Å². The molecule has 0 radical (unpaired) electrons. The fraction of sp³-hybridized carbons (Fsp3) is 0.393. The second-order valence-corrected chi connectivity index (χ2v) is 10.8. The smallest absolute Gasteiger partial charge is 0.256 e. The van der Waals surface area contributed by atoms with Crippen LogP contribution in [0, 0.1) is 17.1 Å². The summed E-state index contributed by atoms with van der Waals surface area (Å²) in [6.45, 7) is 12.1. The molecular weight excluding hydrogens is 483 g/mol. The summed E-state index contributed by atoms with van der Waals surface area (Å²) in [5, 5.41) is 22.1. The molecule has 2 aromatic heterocycles. The third-order valence-electron chi connectivity index (χ3n) is 6.41. The van der Waals surface area contributed by atoms with Gasteiger partial charge in [0.05, 0.1) is 17.2 Å². The molecule has 1 aromatic carbocycles. The van der Waals surface area contributed by atoms with Crippen molar-refractivity contribution in [2.24, 2.45) is 0 Å². The van der Waals surface area contributed by atoms with E-state index in [9.17, 15) is 14.4 Å². The van der Waals surface area contributed by atoms with Crippen LogP contribution in [-0.4, -0.2) is 33.4 Å². The molecule has 3 aromatic rings. The van der Waals surface area contributed by atoms with Gasteiger partial charge >= 0.3 is 0 Å². The average molecular weight is 517 g/mol. The molecule has 1 aliphatic heterocycles. The van der Waals surface area contributed by atoms with Crippen LogP contribution in [0.3, 0.4) is 0 Å². The van der Waals surface area contributed by atoms with E-state index in [1.54, 1.807) is 13.8 Å². The topological polar surface area (TPSA) is 128 Å². The molecule has 0 unspecified atom stereocenters. The number of nitrogens with zero attached hydrogens (tertiary/aromatic N) is 4. The van der Waals surface area contributed by atoms with Crippen LogP contribution >= 0.6 is 0 Å². The van der Waals surface area contributed by atoms with Crippen LogP contribution in [-0.2, 0) is 17.4 Å². The molecule has 1 aliphatic rings. The van der Waals surface area contributed by atoms with Crippen molar-refractivity contribution < 1.29 is 9.18 Å². The Kier molecular flexibility index (Phi) is 7.33. The predicted octanol–water partition coefficient (Wildman–Crippen LogP) is 4.82. The number of nitrogens with one attached hydrogen (secondary N) is 4. The highest BCUT2D eigenvalue weighted by atomic mass is 19.1. The number of benzene rings is 1. The molecule has 38 heavy (non-hydrogen) atoms. The Morgan fingerprint density at radius 1 is 1.18 bits per heavy atom. The summed E-state index contributed by atoms with van der Waals surface area (Å²) in [6, 6.07) is 10.8. The van der Waals surface area contributed by atoms with Gasteiger partial charge in [-0.3, -0.25) is 4.79 Å². The first-order valence-electron chi connectivity index (χ1n) is 12.6. The normalized spacial score (nSPS) is 14.4. The van der Waals surface area contributed by atoms with Crippen molar-refractivity contribution in [2.75, 3.05) is 17.2 Å². The molecule has 4 rings (SSSR count). The number of carbonyl (C=O) groups is 1. The van der Waals surface area contributed by atoms with Gasteiger partial charge in [-0.05, 0) is 89.9 Å². The fourth-order valence-electron chi connectivity index (χ4n) is 4.39. The predicted molar refractivity (Wildman–Crippen MR) is 145 cm³/mol. The zero-order valence-electron chi connectivity index (χ0n) is 22.5. The minimum Gasteiger partial charge on any atom is -0.350 e. The Labute approximate surface area is 222 Å². The first kappa shape index (κ1) is 26.9. The third-order valence-corrected chi connectivity index (χ3v) is 6.41. The van der Waals surface area contributed by atoms with E-state index in [2.05, 4.69) is 68.3 Å². The van der Waals surface area contributed by atoms with Gasteiger partial charge < -0.3 is 21.3 Å². The molecule has 0 saturated heterocycles. The highest BCUT2D eigenvalue weighted by molar-refractivity contribution is 5.99. The van der Waals surface area contributed by atoms with Crippen molar-refractivity contribution in [1.29, 1.82) is 5.26 Å². The molecule has 0 atom stereocenters. The molecule has 0 fully saturated rings. The van der Waals surface area contributed by atoms with Gasteiger partial charge in [-0.2, -0.15) is 10.2 Å². The number of carbonyl (C=O) groups excluding carboxylic acids is 1. The second kappa shape index (κ2) is 10.3. The minimum atomic E-state index is -1.14. The van der Waals surface area contributed by atoms with Crippen LogP contribution in [0.4, 0.5) is 27.7 Å². The lowest BCUT2D eigenvalue weighted by Crippen LogP contribution is -2.42. The maximum absolute atomic E-state index is 14.5. The minimum absolute atomic E-state index is 0.00272. The number of rotatable bonds is 7. The summed E-state index contributed by atoms with van der Waals surface area (Å²) < 4.78 is 14.5. The average Bonchev–Trinajstić information content (AvgIpc) is 2.84. The summed E-state index contributed by atoms with van der Waals surface area (Å²) in [6.07, 6.45) is 2.35. The van der Waals surface area contributed by atoms with E-state index >= 15 is 0 Å². The van der Waals surface area contributed by atoms with Crippen molar-refractivity contribution in [3.05, 3.63) is 64.7 Å². The number of hydrogen-bond donors (Lipinski definition) is 4. The van der Waals surface area contributed by atoms with Gasteiger partial charge in [0.2, 0.25) is 5.95 Å². The van der Waals surface area contributed by atoms with Gasteiger partial charge in [0.1, 0.15) is 23.0 Å². The number of halogens is 1. The Morgan fingerprint density at radius 3 is 2.66 bits per heavy atom. The molecular formula is C28H33FN8O. The highest BCUT2D eigenvalue weighted by Gasteiger charge is 2.28. The standard InChI is InChI=1S/C28H33FN8O/c1-16(2)33-25(38)19-14-31-26(34-18-7-8-20-17(13-18)11-12-32-28(20,5)6)37-24(19)36-22-10-9-21(29)23(35-22)27(3,4)15-30/h7-10,13-14,16,32H,11-12H2,1-6H3,(H,33,38)(H2,31,34,35,36,37). The van der Waals surface area contributed by atoms with Gasteiger partial charge in [-0.25, -0.2) is 14.4 Å². The summed E-state index contributed by atoms with van der Waals surface area (Å²) in [5.74, 6) is -0.227. The number of nitriles is 1. The molecule has 0 bridgehead atoms. The van der Waals surface area contributed by atoms with Crippen LogP contribution in [0.15, 0.2) is 36.5 Å². The number of amides is 1. The van der Waals surface area contributed by atoms with E-state index in [-0.39, 0.29) is 46.3 Å². The largest absolute Gasteiger partial charge is 0.350 e. The monoisotopic (exact) mass is 516 g/mol. The van der Waals surface area contributed by atoms with Gasteiger partial charge in [0.15, 0.2) is 0 Å². The molecule has 4 N–H and O–H groups in total. The van der Waals surface area contributed by atoms with Crippen molar-refractivity contribution >= 4 is 29.2 Å². The van der Waals surface area contributed by atoms with Crippen LogP contribution < -0.4 is 21.3 Å². The molecule has 3 heterocycles. The lowest BCUT2D eigenvalue weighted by atomic mass is 9.85. The van der Waals surface area contributed by atoms with Gasteiger partial charge in [0.25, 0.3) is 5.91 Å². The fourth-order valence-corrected chi connectivity index (χ4v) is 4.39. The van der Waals surface area contributed by atoms with E-state index in [0.29, 0.717) is 0 Å². The molecule has 0 spiro atoms. The van der Waals surface area contributed by atoms with Crippen molar-refractivity contribution in [2.45, 2.75) is 65.0 Å². The lowest BCUT2D eigenvalue weighted by molar-refractivity contribution is 0.0943. The number of anilines is 4. The number of fused-ring (bicyclic) bond motifs is 1. The van der Waals surface area contributed by atoms with Crippen molar-refractivity contribution in [3.63, 3.8) is 0 Å². The van der Waals surface area contributed by atoms with Gasteiger partial charge in [-0.1, -0.05) is 6.07 Å². The third kappa shape index (κ3) is 5.73. The molecule has 1 amide bonds. The van der Waals surface area contributed by atoms with E-state index < -0.39 is 11.2 Å². The van der Waals surface area contributed by atoms with Gasteiger partial charge in [0, 0.05) is 23.5 Å². The molecule has 0 aliphatic carbocycles. The lowest BCUT2D eigenvalue weighted by Gasteiger charge is -2.34. The van der Waals surface area contributed by atoms with E-state index in [1.807, 2.05) is 19.9 Å². The van der Waals surface area contributed by atoms with Crippen LogP contribution in [0.5, 0.6) is 0 Å². The molecule has 9 nitrogen and oxygen atoms in total. The van der Waals surface area contributed by atoms with Gasteiger partial charge in [-0.15, -0.1) is 0 Å². The van der Waals surface area contributed by atoms with Crippen LogP contribution in [0.2, 0.25) is 0 Å². The maximum Gasteiger partial charge on any atom is 0.256 e. The SMILES string of the molecule is CC(C)NC(=O)c1cnc(Nc2ccc3c(c2)CCNC3(C)C)nc1Nc1ccc(F)c(C(C)(C)C#N)n1. The van der Waals surface area contributed by atoms with E-state index in [4.69, 9.17) is 0 Å². The van der Waals surface area contributed by atoms with E-state index in [0.717, 1.165) is 18.7 Å². The number of hydrogen-bond acceptors (Lipinski definition) is 8. The quantitative estimate of drug-likeness (QED) is 0.352. The highest BCUT2D eigenvalue weighted by Crippen LogP contribution is 2.31. The van der Waals surface area contributed by atoms with Crippen LogP contribution in [0.1, 0.15) is 68.7 Å². The second-order valence-electron chi connectivity index (χ2n) is 10.8. The first-order valence-corrected chi connectivity index (χ1v) is 12.6. The summed E-state index contributed by atoms with van der Waals surface area (Å²) in [5.41, 5.74) is 2.27. The molecule has 0 saturated carbocycles. The zero-order chi connectivity index (χ0) is 27.7. The Bertz CT molecular complexity index is 1410. The summed E-state index contributed by atoms with van der Waals surface area (Å²) >= 11 is 0. The maximum atomic E-state index is 14.5. The Morgan fingerprint density at radius 2 is 1.95 bits per heavy atom. The molecule has 10 heteroatoms. The zero-order valence-corrected chi connectivity index (χ0v) is 22.5. The Hall–Kier alpha value is -4.10. The Balaban J connectivity index is 1.69. The molecule has 198 valence electrons.